The molecule has 2 N–H and O–H groups in total. The van der Waals surface area contributed by atoms with E-state index in [0.717, 1.165) is 17.7 Å². The number of benzene rings is 1. The van der Waals surface area contributed by atoms with Crippen molar-refractivity contribution in [2.45, 2.75) is 25.7 Å². The van der Waals surface area contributed by atoms with Gasteiger partial charge in [0.2, 0.25) is 5.91 Å². The molecule has 0 aliphatic carbocycles. The third-order valence-corrected chi connectivity index (χ3v) is 3.19. The van der Waals surface area contributed by atoms with Gasteiger partial charge in [-0.05, 0) is 48.2 Å². The van der Waals surface area contributed by atoms with Crippen LogP contribution in [0.1, 0.15) is 30.4 Å². The Labute approximate surface area is 129 Å². The highest BCUT2D eigenvalue weighted by Gasteiger charge is 2.04. The summed E-state index contributed by atoms with van der Waals surface area (Å²) >= 11 is 0. The van der Waals surface area contributed by atoms with Gasteiger partial charge in [-0.2, -0.15) is 0 Å². The Balaban J connectivity index is 1.84. The molecule has 114 valence electrons. The number of carboxylic acids is 1. The number of carboxylic acid groups (broad SMARTS) is 1. The van der Waals surface area contributed by atoms with E-state index in [1.54, 1.807) is 12.4 Å². The van der Waals surface area contributed by atoms with Crippen LogP contribution in [0.25, 0.3) is 0 Å². The number of carbonyl (C=O) groups excluding carboxylic acids is 1. The van der Waals surface area contributed by atoms with Crippen LogP contribution in [-0.4, -0.2) is 22.0 Å². The highest BCUT2D eigenvalue weighted by Crippen LogP contribution is 2.13. The van der Waals surface area contributed by atoms with Gasteiger partial charge in [0.15, 0.2) is 0 Å². The van der Waals surface area contributed by atoms with Gasteiger partial charge in [0.05, 0.1) is 0 Å². The van der Waals surface area contributed by atoms with E-state index in [0.29, 0.717) is 6.42 Å². The van der Waals surface area contributed by atoms with Crippen LogP contribution in [0.2, 0.25) is 0 Å². The zero-order valence-electron chi connectivity index (χ0n) is 12.2. The molecule has 1 aromatic heterocycles. The SMILES string of the molecule is O=C(O)CCCC(=O)Nc1ccc(Cc2ccncc2)cc1. The molecule has 22 heavy (non-hydrogen) atoms. The lowest BCUT2D eigenvalue weighted by Gasteiger charge is -2.06. The molecule has 5 nitrogen and oxygen atoms in total. The Hall–Kier alpha value is -2.69. The van der Waals surface area contributed by atoms with Crippen LogP contribution in [0.5, 0.6) is 0 Å². The number of aliphatic carboxylic acids is 1. The van der Waals surface area contributed by atoms with Crippen molar-refractivity contribution in [3.8, 4) is 0 Å². The highest BCUT2D eigenvalue weighted by molar-refractivity contribution is 5.90. The Morgan fingerprint density at radius 1 is 0.955 bits per heavy atom. The average Bonchev–Trinajstić information content (AvgIpc) is 2.50. The van der Waals surface area contributed by atoms with Crippen LogP contribution in [0.15, 0.2) is 48.8 Å². The van der Waals surface area contributed by atoms with E-state index >= 15 is 0 Å². The van der Waals surface area contributed by atoms with E-state index in [4.69, 9.17) is 5.11 Å². The van der Waals surface area contributed by atoms with E-state index in [-0.39, 0.29) is 18.7 Å². The van der Waals surface area contributed by atoms with E-state index in [2.05, 4.69) is 10.3 Å². The van der Waals surface area contributed by atoms with Crippen LogP contribution in [0.3, 0.4) is 0 Å². The first-order valence-corrected chi connectivity index (χ1v) is 7.13. The summed E-state index contributed by atoms with van der Waals surface area (Å²) in [5.74, 6) is -1.05. The van der Waals surface area contributed by atoms with E-state index in [1.165, 1.54) is 5.56 Å². The minimum absolute atomic E-state index is 0.0122. The van der Waals surface area contributed by atoms with Gasteiger partial charge in [-0.3, -0.25) is 14.6 Å². The molecule has 0 fully saturated rings. The molecule has 5 heteroatoms. The summed E-state index contributed by atoms with van der Waals surface area (Å²) in [6.07, 6.45) is 4.92. The first kappa shape index (κ1) is 15.7. The fraction of sp³-hybridized carbons (Fsp3) is 0.235. The smallest absolute Gasteiger partial charge is 0.303 e. The molecule has 0 saturated heterocycles. The van der Waals surface area contributed by atoms with Gasteiger partial charge in [0.25, 0.3) is 0 Å². The van der Waals surface area contributed by atoms with Gasteiger partial charge in [0, 0.05) is 30.9 Å². The number of carbonyl (C=O) groups is 2. The maximum atomic E-state index is 11.7. The van der Waals surface area contributed by atoms with E-state index in [1.807, 2.05) is 36.4 Å². The number of rotatable bonds is 7. The number of aromatic nitrogens is 1. The summed E-state index contributed by atoms with van der Waals surface area (Å²) in [5.41, 5.74) is 3.05. The van der Waals surface area contributed by atoms with Crippen LogP contribution in [0.4, 0.5) is 5.69 Å². The predicted molar refractivity (Wildman–Crippen MR) is 83.6 cm³/mol. The molecule has 0 aliphatic rings. The van der Waals surface area contributed by atoms with Crippen LogP contribution in [0, 0.1) is 0 Å². The van der Waals surface area contributed by atoms with E-state index in [9.17, 15) is 9.59 Å². The van der Waals surface area contributed by atoms with Gasteiger partial charge in [-0.1, -0.05) is 12.1 Å². The molecule has 0 bridgehead atoms. The molecule has 0 aliphatic heterocycles. The topological polar surface area (TPSA) is 79.3 Å². The van der Waals surface area contributed by atoms with Crippen molar-refractivity contribution in [3.63, 3.8) is 0 Å². The summed E-state index contributed by atoms with van der Waals surface area (Å²) in [7, 11) is 0. The summed E-state index contributed by atoms with van der Waals surface area (Å²) in [5, 5.41) is 11.3. The van der Waals surface area contributed by atoms with Crippen molar-refractivity contribution in [3.05, 3.63) is 59.9 Å². The fourth-order valence-corrected chi connectivity index (χ4v) is 2.07. The normalized spacial score (nSPS) is 10.2. The molecule has 1 amide bonds. The highest BCUT2D eigenvalue weighted by atomic mass is 16.4. The van der Waals surface area contributed by atoms with Gasteiger partial charge in [0.1, 0.15) is 0 Å². The van der Waals surface area contributed by atoms with Crippen LogP contribution in [-0.2, 0) is 16.0 Å². The van der Waals surface area contributed by atoms with Gasteiger partial charge >= 0.3 is 5.97 Å². The second-order valence-corrected chi connectivity index (χ2v) is 5.02. The quantitative estimate of drug-likeness (QED) is 0.823. The zero-order valence-corrected chi connectivity index (χ0v) is 12.2. The predicted octanol–water partition coefficient (Wildman–Crippen LogP) is 2.87. The minimum atomic E-state index is -0.881. The number of anilines is 1. The molecular formula is C17H18N2O3. The molecule has 0 saturated carbocycles. The maximum Gasteiger partial charge on any atom is 0.303 e. The van der Waals surface area contributed by atoms with Crippen molar-refractivity contribution in [1.82, 2.24) is 4.98 Å². The second-order valence-electron chi connectivity index (χ2n) is 5.02. The largest absolute Gasteiger partial charge is 0.481 e. The summed E-state index contributed by atoms with van der Waals surface area (Å²) in [6, 6.07) is 11.6. The standard InChI is InChI=1S/C17H18N2O3/c20-16(2-1-3-17(21)22)19-15-6-4-13(5-7-15)12-14-8-10-18-11-9-14/h4-11H,1-3,12H2,(H,19,20)(H,21,22). The molecule has 2 rings (SSSR count). The van der Waals surface area contributed by atoms with Crippen LogP contribution < -0.4 is 5.32 Å². The molecule has 0 atom stereocenters. The molecule has 0 spiro atoms. The monoisotopic (exact) mass is 298 g/mol. The lowest BCUT2D eigenvalue weighted by atomic mass is 10.1. The van der Waals surface area contributed by atoms with Gasteiger partial charge in [-0.15, -0.1) is 0 Å². The molecule has 0 unspecified atom stereocenters. The van der Waals surface area contributed by atoms with Gasteiger partial charge in [-0.25, -0.2) is 0 Å². The lowest BCUT2D eigenvalue weighted by Crippen LogP contribution is -2.11. The fourth-order valence-electron chi connectivity index (χ4n) is 2.07. The first-order chi connectivity index (χ1) is 10.6. The number of hydrogen-bond donors (Lipinski definition) is 2. The van der Waals surface area contributed by atoms with Crippen molar-refractivity contribution in [2.75, 3.05) is 5.32 Å². The summed E-state index contributed by atoms with van der Waals surface area (Å²) in [4.78, 5) is 26.0. The Kier molecular flexibility index (Phi) is 5.65. The lowest BCUT2D eigenvalue weighted by molar-refractivity contribution is -0.137. The molecule has 0 radical (unpaired) electrons. The zero-order chi connectivity index (χ0) is 15.8. The molecule has 1 heterocycles. The van der Waals surface area contributed by atoms with Gasteiger partial charge < -0.3 is 10.4 Å². The minimum Gasteiger partial charge on any atom is -0.481 e. The second kappa shape index (κ2) is 7.93. The van der Waals surface area contributed by atoms with Crippen molar-refractivity contribution >= 4 is 17.6 Å². The summed E-state index contributed by atoms with van der Waals surface area (Å²) < 4.78 is 0. The number of amides is 1. The van der Waals surface area contributed by atoms with Crippen molar-refractivity contribution in [1.29, 1.82) is 0 Å². The Morgan fingerprint density at radius 3 is 2.23 bits per heavy atom. The average molecular weight is 298 g/mol. The molecular weight excluding hydrogens is 280 g/mol. The number of nitrogens with zero attached hydrogens (tertiary/aromatic N) is 1. The summed E-state index contributed by atoms with van der Waals surface area (Å²) in [6.45, 7) is 0. The van der Waals surface area contributed by atoms with Crippen molar-refractivity contribution in [2.24, 2.45) is 0 Å². The number of nitrogens with one attached hydrogen (secondary N) is 1. The Morgan fingerprint density at radius 2 is 1.59 bits per heavy atom. The van der Waals surface area contributed by atoms with Crippen molar-refractivity contribution < 1.29 is 14.7 Å². The number of hydrogen-bond acceptors (Lipinski definition) is 3. The van der Waals surface area contributed by atoms with E-state index < -0.39 is 5.97 Å². The molecule has 2 aromatic rings. The maximum absolute atomic E-state index is 11.7. The third kappa shape index (κ3) is 5.36. The third-order valence-electron chi connectivity index (χ3n) is 3.19. The first-order valence-electron chi connectivity index (χ1n) is 7.13. The number of pyridine rings is 1. The molecule has 1 aromatic carbocycles. The Bertz CT molecular complexity index is 624. The van der Waals surface area contributed by atoms with Crippen LogP contribution >= 0.6 is 0 Å².